The largest absolute Gasteiger partial charge is 0.495 e. The zero-order chi connectivity index (χ0) is 14.5. The van der Waals surface area contributed by atoms with E-state index in [1.807, 2.05) is 19.1 Å². The molecule has 1 aromatic carbocycles. The molecule has 0 bridgehead atoms. The first kappa shape index (κ1) is 13.8. The minimum atomic E-state index is -0.316. The van der Waals surface area contributed by atoms with E-state index in [2.05, 4.69) is 10.3 Å². The number of aromatic nitrogens is 2. The maximum Gasteiger partial charge on any atom is 0.253 e. The molecule has 20 heavy (non-hydrogen) atoms. The molecule has 0 aliphatic carbocycles. The van der Waals surface area contributed by atoms with Crippen molar-refractivity contribution < 1.29 is 9.53 Å². The fraction of sp³-hybridized carbons (Fsp3) is 0.214. The molecule has 1 amide bonds. The number of nitrogens with one attached hydrogen (secondary N) is 1. The third kappa shape index (κ3) is 3.23. The van der Waals surface area contributed by atoms with Crippen molar-refractivity contribution >= 4 is 11.6 Å². The van der Waals surface area contributed by atoms with E-state index in [9.17, 15) is 9.59 Å². The molecule has 2 rings (SSSR count). The summed E-state index contributed by atoms with van der Waals surface area (Å²) in [6.07, 6.45) is 2.72. The number of carbonyl (C=O) groups excluding carboxylic acids is 1. The van der Waals surface area contributed by atoms with E-state index in [4.69, 9.17) is 4.74 Å². The summed E-state index contributed by atoms with van der Waals surface area (Å²) in [4.78, 5) is 27.3. The maximum atomic E-state index is 12.0. The summed E-state index contributed by atoms with van der Waals surface area (Å²) < 4.78 is 6.41. The van der Waals surface area contributed by atoms with Crippen molar-refractivity contribution in [2.24, 2.45) is 0 Å². The van der Waals surface area contributed by atoms with Crippen LogP contribution in [0.5, 0.6) is 5.75 Å². The van der Waals surface area contributed by atoms with Gasteiger partial charge in [0, 0.05) is 12.3 Å². The quantitative estimate of drug-likeness (QED) is 0.908. The van der Waals surface area contributed by atoms with Crippen LogP contribution in [-0.4, -0.2) is 22.6 Å². The van der Waals surface area contributed by atoms with E-state index in [0.29, 0.717) is 11.4 Å². The predicted molar refractivity (Wildman–Crippen MR) is 74.9 cm³/mol. The number of ether oxygens (including phenoxy) is 1. The summed E-state index contributed by atoms with van der Waals surface area (Å²) in [5, 5.41) is 2.73. The van der Waals surface area contributed by atoms with Crippen molar-refractivity contribution in [2.45, 2.75) is 13.5 Å². The second-order valence-corrected chi connectivity index (χ2v) is 4.30. The van der Waals surface area contributed by atoms with Crippen molar-refractivity contribution in [3.05, 3.63) is 52.7 Å². The van der Waals surface area contributed by atoms with Crippen molar-refractivity contribution in [1.82, 2.24) is 9.55 Å². The average molecular weight is 273 g/mol. The van der Waals surface area contributed by atoms with Gasteiger partial charge in [-0.25, -0.2) is 4.98 Å². The number of nitrogens with zero attached hydrogens (tertiary/aromatic N) is 2. The summed E-state index contributed by atoms with van der Waals surface area (Å²) in [6.45, 7) is 1.82. The summed E-state index contributed by atoms with van der Waals surface area (Å²) in [5.41, 5.74) is 1.31. The Morgan fingerprint density at radius 3 is 2.90 bits per heavy atom. The summed E-state index contributed by atoms with van der Waals surface area (Å²) in [6, 6.07) is 6.78. The first-order valence-corrected chi connectivity index (χ1v) is 6.05. The Bertz CT molecular complexity index is 679. The lowest BCUT2D eigenvalue weighted by Gasteiger charge is -2.11. The molecule has 6 heteroatoms. The monoisotopic (exact) mass is 273 g/mol. The molecule has 1 aromatic heterocycles. The van der Waals surface area contributed by atoms with Crippen LogP contribution in [0.3, 0.4) is 0 Å². The van der Waals surface area contributed by atoms with Gasteiger partial charge < -0.3 is 10.1 Å². The van der Waals surface area contributed by atoms with Gasteiger partial charge in [-0.2, -0.15) is 0 Å². The van der Waals surface area contributed by atoms with Crippen LogP contribution in [0.15, 0.2) is 41.6 Å². The Labute approximate surface area is 116 Å². The molecule has 0 fully saturated rings. The highest BCUT2D eigenvalue weighted by Gasteiger charge is 2.09. The van der Waals surface area contributed by atoms with E-state index in [-0.39, 0.29) is 18.0 Å². The lowest BCUT2D eigenvalue weighted by atomic mass is 10.2. The van der Waals surface area contributed by atoms with Gasteiger partial charge in [-0.1, -0.05) is 6.07 Å². The Morgan fingerprint density at radius 1 is 1.40 bits per heavy atom. The standard InChI is InChI=1S/C14H15N3O3/c1-10-3-4-12(20-2)11(7-10)16-13(18)8-17-9-15-6-5-14(17)19/h3-7,9H,8H2,1-2H3,(H,16,18). The minimum Gasteiger partial charge on any atom is -0.495 e. The fourth-order valence-corrected chi connectivity index (χ4v) is 1.76. The Kier molecular flexibility index (Phi) is 4.14. The van der Waals surface area contributed by atoms with Crippen molar-refractivity contribution in [3.63, 3.8) is 0 Å². The summed E-state index contributed by atoms with van der Waals surface area (Å²) in [7, 11) is 1.53. The van der Waals surface area contributed by atoms with Crippen LogP contribution in [0, 0.1) is 6.92 Å². The topological polar surface area (TPSA) is 73.2 Å². The molecule has 104 valence electrons. The van der Waals surface area contributed by atoms with Gasteiger partial charge in [-0.3, -0.25) is 14.2 Å². The Hall–Kier alpha value is -2.63. The van der Waals surface area contributed by atoms with Gasteiger partial charge in [0.25, 0.3) is 5.56 Å². The zero-order valence-corrected chi connectivity index (χ0v) is 11.3. The molecule has 1 N–H and O–H groups in total. The lowest BCUT2D eigenvalue weighted by molar-refractivity contribution is -0.116. The second kappa shape index (κ2) is 6.01. The van der Waals surface area contributed by atoms with Gasteiger partial charge in [-0.05, 0) is 24.6 Å². The van der Waals surface area contributed by atoms with Crippen LogP contribution in [0.1, 0.15) is 5.56 Å². The number of hydrogen-bond donors (Lipinski definition) is 1. The zero-order valence-electron chi connectivity index (χ0n) is 11.3. The molecule has 0 unspecified atom stereocenters. The molecular weight excluding hydrogens is 258 g/mol. The van der Waals surface area contributed by atoms with Gasteiger partial charge in [0.05, 0.1) is 19.1 Å². The Balaban J connectivity index is 2.14. The van der Waals surface area contributed by atoms with Gasteiger partial charge >= 0.3 is 0 Å². The van der Waals surface area contributed by atoms with E-state index < -0.39 is 0 Å². The van der Waals surface area contributed by atoms with E-state index >= 15 is 0 Å². The smallest absolute Gasteiger partial charge is 0.253 e. The molecule has 2 aromatic rings. The molecule has 0 aliphatic rings. The van der Waals surface area contributed by atoms with Crippen molar-refractivity contribution in [3.8, 4) is 5.75 Å². The molecule has 0 radical (unpaired) electrons. The fourth-order valence-electron chi connectivity index (χ4n) is 1.76. The number of benzene rings is 1. The van der Waals surface area contributed by atoms with Gasteiger partial charge in [0.15, 0.2) is 0 Å². The van der Waals surface area contributed by atoms with Crippen LogP contribution < -0.4 is 15.6 Å². The molecule has 0 saturated carbocycles. The number of methoxy groups -OCH3 is 1. The summed E-state index contributed by atoms with van der Waals surface area (Å²) in [5.74, 6) is 0.256. The minimum absolute atomic E-state index is 0.0935. The number of carbonyl (C=O) groups is 1. The molecular formula is C14H15N3O3. The van der Waals surface area contributed by atoms with Crippen LogP contribution >= 0.6 is 0 Å². The molecule has 0 aliphatic heterocycles. The van der Waals surface area contributed by atoms with E-state index in [1.54, 1.807) is 6.07 Å². The van der Waals surface area contributed by atoms with E-state index in [1.165, 1.54) is 30.3 Å². The molecule has 6 nitrogen and oxygen atoms in total. The highest BCUT2D eigenvalue weighted by molar-refractivity contribution is 5.92. The third-order valence-electron chi connectivity index (χ3n) is 2.74. The van der Waals surface area contributed by atoms with Crippen LogP contribution in [0.25, 0.3) is 0 Å². The first-order valence-electron chi connectivity index (χ1n) is 6.05. The number of aryl methyl sites for hydroxylation is 1. The lowest BCUT2D eigenvalue weighted by Crippen LogP contribution is -2.27. The molecule has 0 atom stereocenters. The average Bonchev–Trinajstić information content (AvgIpc) is 2.41. The van der Waals surface area contributed by atoms with Crippen molar-refractivity contribution in [1.29, 1.82) is 0 Å². The van der Waals surface area contributed by atoms with Gasteiger partial charge in [0.2, 0.25) is 5.91 Å². The van der Waals surface area contributed by atoms with Crippen LogP contribution in [0.2, 0.25) is 0 Å². The first-order chi connectivity index (χ1) is 9.60. The third-order valence-corrected chi connectivity index (χ3v) is 2.74. The number of rotatable bonds is 4. The number of anilines is 1. The molecule has 1 heterocycles. The molecule has 0 saturated heterocycles. The second-order valence-electron chi connectivity index (χ2n) is 4.30. The highest BCUT2D eigenvalue weighted by Crippen LogP contribution is 2.24. The van der Waals surface area contributed by atoms with Crippen LogP contribution in [0.4, 0.5) is 5.69 Å². The Morgan fingerprint density at radius 2 is 2.20 bits per heavy atom. The van der Waals surface area contributed by atoms with Crippen molar-refractivity contribution in [2.75, 3.05) is 12.4 Å². The van der Waals surface area contributed by atoms with E-state index in [0.717, 1.165) is 5.56 Å². The molecule has 0 spiro atoms. The summed E-state index contributed by atoms with van der Waals surface area (Å²) >= 11 is 0. The highest BCUT2D eigenvalue weighted by atomic mass is 16.5. The van der Waals surface area contributed by atoms with Crippen LogP contribution in [-0.2, 0) is 11.3 Å². The SMILES string of the molecule is COc1ccc(C)cc1NC(=O)Cn1cnccc1=O. The predicted octanol–water partition coefficient (Wildman–Crippen LogP) is 1.20. The van der Waals surface area contributed by atoms with Gasteiger partial charge in [0.1, 0.15) is 12.3 Å². The van der Waals surface area contributed by atoms with Gasteiger partial charge in [-0.15, -0.1) is 0 Å². The number of hydrogen-bond acceptors (Lipinski definition) is 4. The number of amides is 1. The normalized spacial score (nSPS) is 10.1. The maximum absolute atomic E-state index is 12.0.